The van der Waals surface area contributed by atoms with Gasteiger partial charge in [0.1, 0.15) is 0 Å². The largest absolute Gasteiger partial charge is 0.335 e. The molecule has 0 unspecified atom stereocenters. The van der Waals surface area contributed by atoms with Gasteiger partial charge in [-0.1, -0.05) is 31.4 Å². The zero-order chi connectivity index (χ0) is 13.8. The summed E-state index contributed by atoms with van der Waals surface area (Å²) in [6.45, 7) is 1.88. The van der Waals surface area contributed by atoms with Crippen molar-refractivity contribution in [2.75, 3.05) is 11.9 Å². The summed E-state index contributed by atoms with van der Waals surface area (Å²) < 4.78 is 0. The Hall–Kier alpha value is -1.55. The van der Waals surface area contributed by atoms with Gasteiger partial charge in [-0.3, -0.25) is 0 Å². The first-order valence-electron chi connectivity index (χ1n) is 7.72. The fraction of sp³-hybridized carbons (Fsp3) is 0.562. The molecular weight excluding hydrogens is 250 g/mol. The molecule has 108 valence electrons. The van der Waals surface area contributed by atoms with Gasteiger partial charge in [-0.05, 0) is 43.0 Å². The van der Waals surface area contributed by atoms with Crippen LogP contribution in [0.4, 0.5) is 10.5 Å². The average Bonchev–Trinajstić information content (AvgIpc) is 2.48. The van der Waals surface area contributed by atoms with E-state index in [-0.39, 0.29) is 6.03 Å². The molecule has 4 heteroatoms. The molecule has 1 aromatic rings. The molecule has 0 spiro atoms. The van der Waals surface area contributed by atoms with Gasteiger partial charge in [0, 0.05) is 18.3 Å². The number of benzene rings is 1. The number of carbonyl (C=O) groups excluding carboxylic acids is 1. The lowest BCUT2D eigenvalue weighted by Crippen LogP contribution is -2.39. The number of rotatable bonds is 2. The van der Waals surface area contributed by atoms with Crippen molar-refractivity contribution in [3.63, 3.8) is 0 Å². The molecule has 1 fully saturated rings. The molecule has 3 rings (SSSR count). The molecule has 20 heavy (non-hydrogen) atoms. The van der Waals surface area contributed by atoms with E-state index in [9.17, 15) is 4.79 Å². The summed E-state index contributed by atoms with van der Waals surface area (Å²) in [4.78, 5) is 12.1. The molecule has 1 aliphatic heterocycles. The minimum absolute atomic E-state index is 0.0520. The molecule has 4 nitrogen and oxygen atoms in total. The maximum absolute atomic E-state index is 12.1. The quantitative estimate of drug-likeness (QED) is 0.776. The maximum Gasteiger partial charge on any atom is 0.319 e. The third-order valence-electron chi connectivity index (χ3n) is 4.33. The van der Waals surface area contributed by atoms with E-state index in [1.165, 1.54) is 30.4 Å². The van der Waals surface area contributed by atoms with Crippen LogP contribution in [0.1, 0.15) is 43.2 Å². The van der Waals surface area contributed by atoms with Gasteiger partial charge in [-0.15, -0.1) is 0 Å². The normalized spacial score (nSPS) is 19.2. The second kappa shape index (κ2) is 6.27. The average molecular weight is 273 g/mol. The third kappa shape index (κ3) is 3.12. The van der Waals surface area contributed by atoms with Crippen LogP contribution in [0.3, 0.4) is 0 Å². The van der Waals surface area contributed by atoms with Crippen molar-refractivity contribution < 1.29 is 4.79 Å². The Morgan fingerprint density at radius 2 is 2.05 bits per heavy atom. The van der Waals surface area contributed by atoms with E-state index >= 15 is 0 Å². The van der Waals surface area contributed by atoms with E-state index in [0.717, 1.165) is 38.0 Å². The lowest BCUT2D eigenvalue weighted by atomic mass is 9.96. The number of hydrogen-bond donors (Lipinski definition) is 3. The predicted octanol–water partition coefficient (Wildman–Crippen LogP) is 2.79. The molecular formula is C16H23N3O. The number of urea groups is 1. The number of nitrogens with one attached hydrogen (secondary N) is 3. The first kappa shape index (κ1) is 13.4. The SMILES string of the molecule is O=C(Nc1cccc2c1CCNC2)NC1CCCCC1. The Balaban J connectivity index is 1.63. The maximum atomic E-state index is 12.1. The smallest absolute Gasteiger partial charge is 0.319 e. The summed E-state index contributed by atoms with van der Waals surface area (Å²) in [6.07, 6.45) is 6.98. The standard InChI is InChI=1S/C16H23N3O/c20-16(18-13-6-2-1-3-7-13)19-15-8-4-5-12-11-17-10-9-14(12)15/h4-5,8,13,17H,1-3,6-7,9-11H2,(H2,18,19,20). The van der Waals surface area contributed by atoms with Gasteiger partial charge >= 0.3 is 6.03 Å². The Labute approximate surface area is 120 Å². The molecule has 0 bridgehead atoms. The van der Waals surface area contributed by atoms with Crippen LogP contribution in [0.5, 0.6) is 0 Å². The highest BCUT2D eigenvalue weighted by Crippen LogP contribution is 2.23. The molecule has 0 saturated heterocycles. The van der Waals surface area contributed by atoms with Crippen molar-refractivity contribution in [1.82, 2.24) is 10.6 Å². The van der Waals surface area contributed by atoms with Gasteiger partial charge in [-0.2, -0.15) is 0 Å². The van der Waals surface area contributed by atoms with Crippen molar-refractivity contribution in [2.24, 2.45) is 0 Å². The van der Waals surface area contributed by atoms with E-state index in [2.05, 4.69) is 22.0 Å². The molecule has 1 aliphatic carbocycles. The second-order valence-corrected chi connectivity index (χ2v) is 5.80. The molecule has 0 atom stereocenters. The molecule has 1 aromatic carbocycles. The summed E-state index contributed by atoms with van der Waals surface area (Å²) >= 11 is 0. The van der Waals surface area contributed by atoms with Crippen LogP contribution in [-0.4, -0.2) is 18.6 Å². The zero-order valence-electron chi connectivity index (χ0n) is 11.9. The molecule has 1 saturated carbocycles. The van der Waals surface area contributed by atoms with Crippen molar-refractivity contribution in [3.05, 3.63) is 29.3 Å². The lowest BCUT2D eigenvalue weighted by Gasteiger charge is -2.24. The molecule has 1 heterocycles. The summed E-state index contributed by atoms with van der Waals surface area (Å²) in [5.74, 6) is 0. The molecule has 0 aromatic heterocycles. The molecule has 2 aliphatic rings. The third-order valence-corrected chi connectivity index (χ3v) is 4.33. The minimum atomic E-state index is -0.0520. The van der Waals surface area contributed by atoms with E-state index < -0.39 is 0 Å². The summed E-state index contributed by atoms with van der Waals surface area (Å²) in [5.41, 5.74) is 3.55. The monoisotopic (exact) mass is 273 g/mol. The van der Waals surface area contributed by atoms with Crippen LogP contribution in [0, 0.1) is 0 Å². The van der Waals surface area contributed by atoms with Crippen molar-refractivity contribution >= 4 is 11.7 Å². The summed E-state index contributed by atoms with van der Waals surface area (Å²) in [5, 5.41) is 9.51. The van der Waals surface area contributed by atoms with Gasteiger partial charge in [0.15, 0.2) is 0 Å². The van der Waals surface area contributed by atoms with Gasteiger partial charge in [0.05, 0.1) is 0 Å². The first-order valence-corrected chi connectivity index (χ1v) is 7.72. The van der Waals surface area contributed by atoms with Crippen LogP contribution in [0.15, 0.2) is 18.2 Å². The molecule has 2 amide bonds. The predicted molar refractivity (Wildman–Crippen MR) is 80.9 cm³/mol. The van der Waals surface area contributed by atoms with Gasteiger partial charge in [0.25, 0.3) is 0 Å². The van der Waals surface area contributed by atoms with Crippen LogP contribution >= 0.6 is 0 Å². The molecule has 3 N–H and O–H groups in total. The Bertz CT molecular complexity index is 481. The van der Waals surface area contributed by atoms with E-state index in [0.29, 0.717) is 6.04 Å². The van der Waals surface area contributed by atoms with E-state index in [4.69, 9.17) is 0 Å². The second-order valence-electron chi connectivity index (χ2n) is 5.80. The van der Waals surface area contributed by atoms with E-state index in [1.807, 2.05) is 12.1 Å². The van der Waals surface area contributed by atoms with Crippen molar-refractivity contribution in [2.45, 2.75) is 51.1 Å². The van der Waals surface area contributed by atoms with Crippen molar-refractivity contribution in [1.29, 1.82) is 0 Å². The fourth-order valence-electron chi connectivity index (χ4n) is 3.24. The van der Waals surface area contributed by atoms with Gasteiger partial charge in [-0.25, -0.2) is 4.79 Å². The number of hydrogen-bond acceptors (Lipinski definition) is 2. The first-order chi connectivity index (χ1) is 9.83. The summed E-state index contributed by atoms with van der Waals surface area (Å²) in [7, 11) is 0. The summed E-state index contributed by atoms with van der Waals surface area (Å²) in [6, 6.07) is 6.45. The highest BCUT2D eigenvalue weighted by atomic mass is 16.2. The number of anilines is 1. The lowest BCUT2D eigenvalue weighted by molar-refractivity contribution is 0.244. The Morgan fingerprint density at radius 3 is 2.90 bits per heavy atom. The highest BCUT2D eigenvalue weighted by molar-refractivity contribution is 5.90. The minimum Gasteiger partial charge on any atom is -0.335 e. The highest BCUT2D eigenvalue weighted by Gasteiger charge is 2.17. The zero-order valence-corrected chi connectivity index (χ0v) is 11.9. The fourth-order valence-corrected chi connectivity index (χ4v) is 3.24. The number of fused-ring (bicyclic) bond motifs is 1. The number of amides is 2. The van der Waals surface area contributed by atoms with Crippen LogP contribution in [0.25, 0.3) is 0 Å². The van der Waals surface area contributed by atoms with Gasteiger partial charge < -0.3 is 16.0 Å². The van der Waals surface area contributed by atoms with Crippen LogP contribution in [0.2, 0.25) is 0 Å². The Kier molecular flexibility index (Phi) is 4.21. The van der Waals surface area contributed by atoms with Crippen molar-refractivity contribution in [3.8, 4) is 0 Å². The number of carbonyl (C=O) groups is 1. The topological polar surface area (TPSA) is 53.2 Å². The van der Waals surface area contributed by atoms with Crippen LogP contribution < -0.4 is 16.0 Å². The van der Waals surface area contributed by atoms with E-state index in [1.54, 1.807) is 0 Å². The van der Waals surface area contributed by atoms with Gasteiger partial charge in [0.2, 0.25) is 0 Å². The van der Waals surface area contributed by atoms with Crippen LogP contribution in [-0.2, 0) is 13.0 Å². The Morgan fingerprint density at radius 1 is 1.20 bits per heavy atom. The molecule has 0 radical (unpaired) electrons.